The van der Waals surface area contributed by atoms with E-state index in [1.807, 2.05) is 46.0 Å². The Balaban J connectivity index is 2.50. The van der Waals surface area contributed by atoms with Gasteiger partial charge >= 0.3 is 0 Å². The zero-order chi connectivity index (χ0) is 16.8. The van der Waals surface area contributed by atoms with E-state index < -0.39 is 0 Å². The van der Waals surface area contributed by atoms with Crippen molar-refractivity contribution in [3.8, 4) is 17.6 Å². The molecule has 2 rings (SSSR count). The summed E-state index contributed by atoms with van der Waals surface area (Å²) in [5, 5.41) is 10.0. The molecule has 1 heterocycles. The SMILES string of the molecule is CCOc1cc2nccc(N(C)CC(C)C#N)c2cc1OCC. The molecule has 0 fully saturated rings. The summed E-state index contributed by atoms with van der Waals surface area (Å²) < 4.78 is 11.4. The second kappa shape index (κ2) is 7.68. The summed E-state index contributed by atoms with van der Waals surface area (Å²) in [4.78, 5) is 6.52. The minimum Gasteiger partial charge on any atom is -0.490 e. The summed E-state index contributed by atoms with van der Waals surface area (Å²) in [7, 11) is 1.99. The van der Waals surface area contributed by atoms with Gasteiger partial charge in [-0.1, -0.05) is 0 Å². The van der Waals surface area contributed by atoms with Gasteiger partial charge in [0.2, 0.25) is 0 Å². The molecule has 1 unspecified atom stereocenters. The Morgan fingerprint density at radius 2 is 1.87 bits per heavy atom. The second-order valence-corrected chi connectivity index (χ2v) is 5.42. The van der Waals surface area contributed by atoms with E-state index in [0.29, 0.717) is 25.5 Å². The fraction of sp³-hybridized carbons (Fsp3) is 0.444. The van der Waals surface area contributed by atoms with E-state index in [1.54, 1.807) is 6.20 Å². The zero-order valence-corrected chi connectivity index (χ0v) is 14.2. The molecule has 1 atom stereocenters. The van der Waals surface area contributed by atoms with Crippen molar-refractivity contribution in [2.75, 3.05) is 31.7 Å². The van der Waals surface area contributed by atoms with Crippen molar-refractivity contribution in [3.63, 3.8) is 0 Å². The van der Waals surface area contributed by atoms with Crippen LogP contribution in [0.2, 0.25) is 0 Å². The van der Waals surface area contributed by atoms with Gasteiger partial charge in [-0.2, -0.15) is 5.26 Å². The van der Waals surface area contributed by atoms with Gasteiger partial charge in [0.1, 0.15) is 0 Å². The third-order valence-electron chi connectivity index (χ3n) is 3.56. The molecule has 1 aromatic heterocycles. The normalized spacial score (nSPS) is 11.8. The molecule has 5 nitrogen and oxygen atoms in total. The van der Waals surface area contributed by atoms with Crippen LogP contribution >= 0.6 is 0 Å². The van der Waals surface area contributed by atoms with Gasteiger partial charge in [0.05, 0.1) is 30.7 Å². The van der Waals surface area contributed by atoms with E-state index in [0.717, 1.165) is 22.3 Å². The van der Waals surface area contributed by atoms with Crippen LogP contribution in [0.25, 0.3) is 10.9 Å². The lowest BCUT2D eigenvalue weighted by molar-refractivity contribution is 0.288. The van der Waals surface area contributed by atoms with Crippen LogP contribution in [0.3, 0.4) is 0 Å². The molecular weight excluding hydrogens is 290 g/mol. The monoisotopic (exact) mass is 313 g/mol. The van der Waals surface area contributed by atoms with Crippen LogP contribution in [0.15, 0.2) is 24.4 Å². The number of fused-ring (bicyclic) bond motifs is 1. The Morgan fingerprint density at radius 1 is 1.22 bits per heavy atom. The van der Waals surface area contributed by atoms with Gasteiger partial charge < -0.3 is 14.4 Å². The average molecular weight is 313 g/mol. The lowest BCUT2D eigenvalue weighted by Gasteiger charge is -2.22. The maximum absolute atomic E-state index is 9.03. The molecule has 0 radical (unpaired) electrons. The summed E-state index contributed by atoms with van der Waals surface area (Å²) in [6, 6.07) is 8.11. The molecule has 122 valence electrons. The maximum Gasteiger partial charge on any atom is 0.163 e. The zero-order valence-electron chi connectivity index (χ0n) is 14.2. The predicted molar refractivity (Wildman–Crippen MR) is 92.1 cm³/mol. The minimum atomic E-state index is -0.0442. The topological polar surface area (TPSA) is 58.4 Å². The lowest BCUT2D eigenvalue weighted by Crippen LogP contribution is -2.23. The van der Waals surface area contributed by atoms with Crippen LogP contribution in [0, 0.1) is 17.2 Å². The molecule has 0 aliphatic heterocycles. The number of rotatable bonds is 7. The Bertz CT molecular complexity index is 709. The molecule has 0 N–H and O–H groups in total. The third kappa shape index (κ3) is 3.84. The second-order valence-electron chi connectivity index (χ2n) is 5.42. The van der Waals surface area contributed by atoms with Crippen LogP contribution in [0.5, 0.6) is 11.5 Å². The number of anilines is 1. The quantitative estimate of drug-likeness (QED) is 0.781. The lowest BCUT2D eigenvalue weighted by atomic mass is 10.1. The fourth-order valence-electron chi connectivity index (χ4n) is 2.56. The molecule has 0 aliphatic carbocycles. The van der Waals surface area contributed by atoms with Crippen molar-refractivity contribution in [2.45, 2.75) is 20.8 Å². The molecule has 0 saturated heterocycles. The number of hydrogen-bond acceptors (Lipinski definition) is 5. The summed E-state index contributed by atoms with van der Waals surface area (Å²) in [5.41, 5.74) is 1.88. The Hall–Kier alpha value is -2.48. The van der Waals surface area contributed by atoms with Crippen molar-refractivity contribution in [3.05, 3.63) is 24.4 Å². The highest BCUT2D eigenvalue weighted by Crippen LogP contribution is 2.36. The van der Waals surface area contributed by atoms with Gasteiger partial charge in [-0.15, -0.1) is 0 Å². The van der Waals surface area contributed by atoms with Gasteiger partial charge in [0.15, 0.2) is 11.5 Å². The van der Waals surface area contributed by atoms with Crippen LogP contribution in [-0.4, -0.2) is 31.8 Å². The standard InChI is InChI=1S/C18H23N3O2/c1-5-22-17-9-14-15(10-18(17)23-6-2)20-8-7-16(14)21(4)12-13(3)11-19/h7-10,13H,5-6,12H2,1-4H3. The first-order valence-electron chi connectivity index (χ1n) is 7.89. The molecule has 2 aromatic rings. The largest absolute Gasteiger partial charge is 0.490 e. The molecule has 0 spiro atoms. The van der Waals surface area contributed by atoms with Gasteiger partial charge in [-0.25, -0.2) is 0 Å². The molecule has 0 bridgehead atoms. The maximum atomic E-state index is 9.03. The Labute approximate surface area is 137 Å². The molecule has 0 amide bonds. The third-order valence-corrected chi connectivity index (χ3v) is 3.56. The number of hydrogen-bond donors (Lipinski definition) is 0. The number of nitrogens with zero attached hydrogens (tertiary/aromatic N) is 3. The molecule has 23 heavy (non-hydrogen) atoms. The first-order valence-corrected chi connectivity index (χ1v) is 7.89. The number of aromatic nitrogens is 1. The van der Waals surface area contributed by atoms with Crippen molar-refractivity contribution in [2.24, 2.45) is 5.92 Å². The smallest absolute Gasteiger partial charge is 0.163 e. The van der Waals surface area contributed by atoms with Crippen LogP contribution in [-0.2, 0) is 0 Å². The van der Waals surface area contributed by atoms with Crippen LogP contribution in [0.4, 0.5) is 5.69 Å². The fourth-order valence-corrected chi connectivity index (χ4v) is 2.56. The van der Waals surface area contributed by atoms with E-state index in [1.165, 1.54) is 0 Å². The number of nitriles is 1. The van der Waals surface area contributed by atoms with Crippen molar-refractivity contribution in [1.29, 1.82) is 5.26 Å². The van der Waals surface area contributed by atoms with Crippen LogP contribution in [0.1, 0.15) is 20.8 Å². The van der Waals surface area contributed by atoms with Crippen molar-refractivity contribution in [1.82, 2.24) is 4.98 Å². The summed E-state index contributed by atoms with van der Waals surface area (Å²) in [6.07, 6.45) is 1.78. The van der Waals surface area contributed by atoms with Crippen molar-refractivity contribution >= 4 is 16.6 Å². The van der Waals surface area contributed by atoms with E-state index in [9.17, 15) is 0 Å². The number of pyridine rings is 1. The summed E-state index contributed by atoms with van der Waals surface area (Å²) >= 11 is 0. The summed E-state index contributed by atoms with van der Waals surface area (Å²) in [6.45, 7) is 7.62. The highest BCUT2D eigenvalue weighted by Gasteiger charge is 2.14. The number of ether oxygens (including phenoxy) is 2. The van der Waals surface area contributed by atoms with Gasteiger partial charge in [0, 0.05) is 36.9 Å². The van der Waals surface area contributed by atoms with E-state index >= 15 is 0 Å². The van der Waals surface area contributed by atoms with E-state index in [-0.39, 0.29) is 5.92 Å². The highest BCUT2D eigenvalue weighted by molar-refractivity contribution is 5.93. The van der Waals surface area contributed by atoms with Crippen molar-refractivity contribution < 1.29 is 9.47 Å². The Kier molecular flexibility index (Phi) is 5.64. The predicted octanol–water partition coefficient (Wildman–Crippen LogP) is 3.63. The molecule has 0 saturated carbocycles. The van der Waals surface area contributed by atoms with E-state index in [4.69, 9.17) is 14.7 Å². The minimum absolute atomic E-state index is 0.0442. The molecule has 5 heteroatoms. The summed E-state index contributed by atoms with van der Waals surface area (Å²) in [5.74, 6) is 1.38. The van der Waals surface area contributed by atoms with Gasteiger partial charge in [-0.3, -0.25) is 4.98 Å². The van der Waals surface area contributed by atoms with Gasteiger partial charge in [0.25, 0.3) is 0 Å². The molecular formula is C18H23N3O2. The van der Waals surface area contributed by atoms with Gasteiger partial charge in [-0.05, 0) is 32.9 Å². The first-order chi connectivity index (χ1) is 11.1. The molecule has 1 aromatic carbocycles. The highest BCUT2D eigenvalue weighted by atomic mass is 16.5. The number of benzene rings is 1. The first kappa shape index (κ1) is 16.9. The van der Waals surface area contributed by atoms with E-state index in [2.05, 4.69) is 16.0 Å². The average Bonchev–Trinajstić information content (AvgIpc) is 2.55. The molecule has 0 aliphatic rings. The van der Waals surface area contributed by atoms with Crippen LogP contribution < -0.4 is 14.4 Å². The Morgan fingerprint density at radius 3 is 2.48 bits per heavy atom.